The van der Waals surface area contributed by atoms with Crippen LogP contribution in [0.3, 0.4) is 0 Å². The topological polar surface area (TPSA) is 97.0 Å². The number of ether oxygens (including phenoxy) is 1. The second-order valence-electron chi connectivity index (χ2n) is 7.85. The monoisotopic (exact) mass is 387 g/mol. The van der Waals surface area contributed by atoms with Crippen LogP contribution in [0, 0.1) is 5.41 Å². The molecule has 1 saturated carbocycles. The molecular weight excluding hydrogens is 362 g/mol. The maximum atomic E-state index is 13.0. The SMILES string of the molecule is CNC(=O)C(CCC=O)N1OCc2ccc(OC3CC4(CNC4)C3)cc2C1=O. The van der Waals surface area contributed by atoms with Gasteiger partial charge >= 0.3 is 0 Å². The minimum Gasteiger partial charge on any atom is -0.490 e. The first kappa shape index (κ1) is 18.9. The van der Waals surface area contributed by atoms with Crippen molar-refractivity contribution < 1.29 is 24.0 Å². The first-order chi connectivity index (χ1) is 13.5. The van der Waals surface area contributed by atoms with Gasteiger partial charge in [0.25, 0.3) is 5.91 Å². The highest BCUT2D eigenvalue weighted by Gasteiger charge is 2.49. The maximum Gasteiger partial charge on any atom is 0.278 e. The molecule has 0 aromatic heterocycles. The lowest BCUT2D eigenvalue weighted by molar-refractivity contribution is -0.175. The second-order valence-corrected chi connectivity index (χ2v) is 7.85. The van der Waals surface area contributed by atoms with Gasteiger partial charge in [-0.1, -0.05) is 6.07 Å². The van der Waals surface area contributed by atoms with Gasteiger partial charge < -0.3 is 20.2 Å². The lowest BCUT2D eigenvalue weighted by Crippen LogP contribution is -2.62. The average molecular weight is 387 g/mol. The van der Waals surface area contributed by atoms with Crippen molar-refractivity contribution in [2.75, 3.05) is 20.1 Å². The highest BCUT2D eigenvalue weighted by molar-refractivity contribution is 5.99. The minimum atomic E-state index is -0.849. The van der Waals surface area contributed by atoms with Crippen LogP contribution in [-0.4, -0.2) is 55.4 Å². The molecule has 1 unspecified atom stereocenters. The van der Waals surface area contributed by atoms with Crippen LogP contribution >= 0.6 is 0 Å². The van der Waals surface area contributed by atoms with Gasteiger partial charge in [-0.3, -0.25) is 14.4 Å². The van der Waals surface area contributed by atoms with Gasteiger partial charge in [-0.05, 0) is 37.0 Å². The first-order valence-electron chi connectivity index (χ1n) is 9.67. The number of rotatable bonds is 7. The summed E-state index contributed by atoms with van der Waals surface area (Å²) in [6.45, 7) is 2.31. The zero-order valence-corrected chi connectivity index (χ0v) is 15.9. The van der Waals surface area contributed by atoms with Crippen molar-refractivity contribution >= 4 is 18.1 Å². The highest BCUT2D eigenvalue weighted by atomic mass is 16.7. The number of nitrogens with one attached hydrogen (secondary N) is 2. The molecule has 2 aliphatic heterocycles. The summed E-state index contributed by atoms with van der Waals surface area (Å²) >= 11 is 0. The van der Waals surface area contributed by atoms with E-state index < -0.39 is 6.04 Å². The van der Waals surface area contributed by atoms with Crippen molar-refractivity contribution in [1.82, 2.24) is 15.7 Å². The van der Waals surface area contributed by atoms with Gasteiger partial charge in [-0.25, -0.2) is 5.06 Å². The fourth-order valence-corrected chi connectivity index (χ4v) is 4.20. The first-order valence-corrected chi connectivity index (χ1v) is 9.67. The number of amides is 2. The molecule has 150 valence electrons. The number of carbonyl (C=O) groups is 3. The number of hydroxylamine groups is 2. The van der Waals surface area contributed by atoms with Gasteiger partial charge in [-0.15, -0.1) is 0 Å². The Kier molecular flexibility index (Phi) is 5.07. The molecule has 8 heteroatoms. The number of benzene rings is 1. The largest absolute Gasteiger partial charge is 0.490 e. The standard InChI is InChI=1S/C20H25N3O5/c1-21-18(25)17(3-2-6-24)23-19(26)16-7-14(5-4-13(16)10-27-23)28-15-8-20(9-15)11-22-12-20/h4-7,15,17,22H,2-3,8-12H2,1H3,(H,21,25). The Hall–Kier alpha value is -2.45. The zero-order valence-electron chi connectivity index (χ0n) is 15.9. The van der Waals surface area contributed by atoms with E-state index in [0.717, 1.165) is 42.8 Å². The summed E-state index contributed by atoms with van der Waals surface area (Å²) in [6, 6.07) is 4.58. The third-order valence-electron chi connectivity index (χ3n) is 5.89. The zero-order chi connectivity index (χ0) is 19.7. The van der Waals surface area contributed by atoms with E-state index in [4.69, 9.17) is 9.57 Å². The third kappa shape index (κ3) is 3.38. The molecule has 2 fully saturated rings. The summed E-state index contributed by atoms with van der Waals surface area (Å²) in [5.74, 6) is -0.0927. The quantitative estimate of drug-likeness (QED) is 0.672. The number of hydrogen-bond acceptors (Lipinski definition) is 6. The maximum absolute atomic E-state index is 13.0. The predicted molar refractivity (Wildman–Crippen MR) is 99.5 cm³/mol. The number of aldehydes is 1. The molecule has 2 heterocycles. The summed E-state index contributed by atoms with van der Waals surface area (Å²) in [5, 5.41) is 6.92. The molecular formula is C20H25N3O5. The number of nitrogens with zero attached hydrogens (tertiary/aromatic N) is 1. The predicted octanol–water partition coefficient (Wildman–Crippen LogP) is 0.798. The lowest BCUT2D eigenvalue weighted by Gasteiger charge is -2.53. The molecule has 2 amide bonds. The molecule has 0 bridgehead atoms. The number of carbonyl (C=O) groups excluding carboxylic acids is 3. The average Bonchev–Trinajstić information content (AvgIpc) is 2.64. The molecule has 0 radical (unpaired) electrons. The molecule has 1 aromatic rings. The molecule has 28 heavy (non-hydrogen) atoms. The Labute approximate surface area is 163 Å². The Morgan fingerprint density at radius 3 is 2.89 bits per heavy atom. The number of likely N-dealkylation sites (N-methyl/N-ethyl adjacent to an activating group) is 1. The molecule has 1 aromatic carbocycles. The number of fused-ring (bicyclic) bond motifs is 1. The van der Waals surface area contributed by atoms with Crippen LogP contribution in [0.5, 0.6) is 5.75 Å². The summed E-state index contributed by atoms with van der Waals surface area (Å²) in [6.07, 6.45) is 3.35. The summed E-state index contributed by atoms with van der Waals surface area (Å²) < 4.78 is 6.06. The molecule has 1 aliphatic carbocycles. The molecule has 2 N–H and O–H groups in total. The van der Waals surface area contributed by atoms with E-state index in [-0.39, 0.29) is 37.4 Å². The normalized spacial score (nSPS) is 21.3. The van der Waals surface area contributed by atoms with Crippen LogP contribution in [0.25, 0.3) is 0 Å². The van der Waals surface area contributed by atoms with Gasteiger partial charge in [0.1, 0.15) is 24.7 Å². The molecule has 4 rings (SSSR count). The summed E-state index contributed by atoms with van der Waals surface area (Å²) in [5.41, 5.74) is 1.65. The van der Waals surface area contributed by atoms with Crippen molar-refractivity contribution in [2.45, 2.75) is 44.4 Å². The lowest BCUT2D eigenvalue weighted by atomic mass is 9.63. The highest BCUT2D eigenvalue weighted by Crippen LogP contribution is 2.46. The van der Waals surface area contributed by atoms with E-state index in [9.17, 15) is 14.4 Å². The Bertz CT molecular complexity index is 784. The smallest absolute Gasteiger partial charge is 0.278 e. The van der Waals surface area contributed by atoms with E-state index in [1.807, 2.05) is 12.1 Å². The van der Waals surface area contributed by atoms with Gasteiger partial charge in [0.2, 0.25) is 5.91 Å². The fourth-order valence-electron chi connectivity index (χ4n) is 4.20. The van der Waals surface area contributed by atoms with Crippen molar-refractivity contribution in [3.63, 3.8) is 0 Å². The summed E-state index contributed by atoms with van der Waals surface area (Å²) in [4.78, 5) is 41.5. The second kappa shape index (κ2) is 7.52. The van der Waals surface area contributed by atoms with Gasteiger partial charge in [0.15, 0.2) is 0 Å². The molecule has 8 nitrogen and oxygen atoms in total. The Morgan fingerprint density at radius 2 is 2.25 bits per heavy atom. The molecule has 1 atom stereocenters. The van der Waals surface area contributed by atoms with Crippen LogP contribution in [-0.2, 0) is 21.0 Å². The van der Waals surface area contributed by atoms with Gasteiger partial charge in [0, 0.05) is 32.0 Å². The number of hydrogen-bond donors (Lipinski definition) is 2. The van der Waals surface area contributed by atoms with Crippen molar-refractivity contribution in [3.8, 4) is 5.75 Å². The van der Waals surface area contributed by atoms with E-state index in [1.165, 1.54) is 7.05 Å². The van der Waals surface area contributed by atoms with Gasteiger partial charge in [0.05, 0.1) is 11.7 Å². The molecule has 3 aliphatic rings. The van der Waals surface area contributed by atoms with Crippen molar-refractivity contribution in [3.05, 3.63) is 29.3 Å². The van der Waals surface area contributed by atoms with Gasteiger partial charge in [-0.2, -0.15) is 0 Å². The van der Waals surface area contributed by atoms with Crippen LogP contribution in [0.1, 0.15) is 41.6 Å². The van der Waals surface area contributed by atoms with Crippen molar-refractivity contribution in [2.24, 2.45) is 5.41 Å². The molecule has 1 spiro atoms. The van der Waals surface area contributed by atoms with E-state index >= 15 is 0 Å². The fraction of sp³-hybridized carbons (Fsp3) is 0.550. The van der Waals surface area contributed by atoms with E-state index in [0.29, 0.717) is 16.7 Å². The molecule has 1 saturated heterocycles. The van der Waals surface area contributed by atoms with E-state index in [1.54, 1.807) is 6.07 Å². The summed E-state index contributed by atoms with van der Waals surface area (Å²) in [7, 11) is 1.49. The van der Waals surface area contributed by atoms with Crippen LogP contribution < -0.4 is 15.4 Å². The third-order valence-corrected chi connectivity index (χ3v) is 5.89. The minimum absolute atomic E-state index is 0.166. The van der Waals surface area contributed by atoms with Crippen LogP contribution in [0.2, 0.25) is 0 Å². The Balaban J connectivity index is 1.48. The van der Waals surface area contributed by atoms with E-state index in [2.05, 4.69) is 10.6 Å². The van der Waals surface area contributed by atoms with Crippen molar-refractivity contribution in [1.29, 1.82) is 0 Å². The van der Waals surface area contributed by atoms with Crippen LogP contribution in [0.15, 0.2) is 18.2 Å². The van der Waals surface area contributed by atoms with Crippen LogP contribution in [0.4, 0.5) is 0 Å². The Morgan fingerprint density at radius 1 is 1.46 bits per heavy atom.